The average molecular weight is 403 g/mol. The molecule has 1 fully saturated rings. The molecule has 146 valence electrons. The summed E-state index contributed by atoms with van der Waals surface area (Å²) in [6.07, 6.45) is -5.01. The molecule has 1 aliphatic rings. The first-order valence-corrected chi connectivity index (χ1v) is 7.94. The number of hydrogen-bond donors (Lipinski definition) is 1. The Hall–Kier alpha value is -0.690. The van der Waals surface area contributed by atoms with Gasteiger partial charge in [0.05, 0.1) is 6.42 Å². The van der Waals surface area contributed by atoms with Gasteiger partial charge in [-0.1, -0.05) is 12.1 Å². The van der Waals surface area contributed by atoms with E-state index in [0.29, 0.717) is 24.4 Å². The SMILES string of the molecule is CC(C)(C)Oc1ccc([C@H](CC(F)(F)F)N2CCNCC2)cc1.Cl.Cl. The third kappa shape index (κ3) is 8.49. The molecular weight excluding hydrogens is 376 g/mol. The number of nitrogens with one attached hydrogen (secondary N) is 1. The molecule has 1 atom stereocenters. The highest BCUT2D eigenvalue weighted by Crippen LogP contribution is 2.34. The summed E-state index contributed by atoms with van der Waals surface area (Å²) < 4.78 is 44.7. The van der Waals surface area contributed by atoms with E-state index >= 15 is 0 Å². The Balaban J connectivity index is 0.00000288. The maximum absolute atomic E-state index is 13.0. The summed E-state index contributed by atoms with van der Waals surface area (Å²) in [4.78, 5) is 1.91. The molecule has 1 saturated heterocycles. The fraction of sp³-hybridized carbons (Fsp3) is 0.647. The van der Waals surface area contributed by atoms with Crippen LogP contribution in [0.2, 0.25) is 0 Å². The molecule has 0 radical (unpaired) electrons. The van der Waals surface area contributed by atoms with Gasteiger partial charge in [0, 0.05) is 32.2 Å². The first kappa shape index (κ1) is 24.3. The van der Waals surface area contributed by atoms with Gasteiger partial charge in [-0.2, -0.15) is 13.2 Å². The predicted molar refractivity (Wildman–Crippen MR) is 99.2 cm³/mol. The van der Waals surface area contributed by atoms with Gasteiger partial charge >= 0.3 is 6.18 Å². The van der Waals surface area contributed by atoms with Crippen LogP contribution in [0.1, 0.15) is 38.8 Å². The molecule has 0 amide bonds. The number of hydrogen-bond acceptors (Lipinski definition) is 3. The van der Waals surface area contributed by atoms with Crippen LogP contribution in [0, 0.1) is 0 Å². The van der Waals surface area contributed by atoms with Crippen LogP contribution in [-0.2, 0) is 0 Å². The van der Waals surface area contributed by atoms with Crippen molar-refractivity contribution in [3.05, 3.63) is 29.8 Å². The van der Waals surface area contributed by atoms with Crippen molar-refractivity contribution in [2.45, 2.75) is 45.0 Å². The van der Waals surface area contributed by atoms with Crippen LogP contribution in [0.15, 0.2) is 24.3 Å². The summed E-state index contributed by atoms with van der Waals surface area (Å²) in [6, 6.07) is 6.37. The Morgan fingerprint density at radius 3 is 2.00 bits per heavy atom. The number of piperazine rings is 1. The number of nitrogens with zero attached hydrogens (tertiary/aromatic N) is 1. The second-order valence-electron chi connectivity index (χ2n) is 6.90. The van der Waals surface area contributed by atoms with Crippen LogP contribution in [0.3, 0.4) is 0 Å². The van der Waals surface area contributed by atoms with Gasteiger partial charge < -0.3 is 10.1 Å². The summed E-state index contributed by atoms with van der Waals surface area (Å²) in [6.45, 7) is 8.51. The first-order chi connectivity index (χ1) is 10.6. The van der Waals surface area contributed by atoms with Gasteiger partial charge in [-0.15, -0.1) is 24.8 Å². The highest BCUT2D eigenvalue weighted by atomic mass is 35.5. The smallest absolute Gasteiger partial charge is 0.390 e. The number of alkyl halides is 3. The molecule has 25 heavy (non-hydrogen) atoms. The maximum atomic E-state index is 13.0. The molecule has 8 heteroatoms. The number of benzene rings is 1. The Labute approximate surface area is 160 Å². The molecule has 2 rings (SSSR count). The van der Waals surface area contributed by atoms with Crippen molar-refractivity contribution in [3.63, 3.8) is 0 Å². The van der Waals surface area contributed by atoms with Crippen LogP contribution in [0.25, 0.3) is 0 Å². The zero-order valence-electron chi connectivity index (χ0n) is 14.7. The molecule has 0 aromatic heterocycles. The molecule has 0 saturated carbocycles. The average Bonchev–Trinajstić information content (AvgIpc) is 2.44. The Morgan fingerprint density at radius 2 is 1.56 bits per heavy atom. The van der Waals surface area contributed by atoms with Crippen molar-refractivity contribution in [3.8, 4) is 5.75 Å². The summed E-state index contributed by atoms with van der Waals surface area (Å²) in [5.74, 6) is 0.673. The Bertz CT molecular complexity index is 498. The van der Waals surface area contributed by atoms with Crippen molar-refractivity contribution < 1.29 is 17.9 Å². The van der Waals surface area contributed by atoms with E-state index < -0.39 is 18.6 Å². The topological polar surface area (TPSA) is 24.5 Å². The number of halogens is 5. The van der Waals surface area contributed by atoms with Gasteiger partial charge in [0.1, 0.15) is 11.4 Å². The van der Waals surface area contributed by atoms with Crippen LogP contribution >= 0.6 is 24.8 Å². The van der Waals surface area contributed by atoms with Crippen molar-refractivity contribution in [2.75, 3.05) is 26.2 Å². The Morgan fingerprint density at radius 1 is 1.04 bits per heavy atom. The van der Waals surface area contributed by atoms with Crippen molar-refractivity contribution in [1.29, 1.82) is 0 Å². The fourth-order valence-electron chi connectivity index (χ4n) is 2.78. The van der Waals surface area contributed by atoms with Crippen molar-refractivity contribution in [2.24, 2.45) is 0 Å². The van der Waals surface area contributed by atoms with Crippen LogP contribution in [0.4, 0.5) is 13.2 Å². The molecule has 1 aliphatic heterocycles. The predicted octanol–water partition coefficient (Wildman–Crippen LogP) is 4.61. The lowest BCUT2D eigenvalue weighted by Gasteiger charge is -2.35. The standard InChI is InChI=1S/C17H25F3N2O.2ClH/c1-16(2,3)23-14-6-4-13(5-7-14)15(12-17(18,19)20)22-10-8-21-9-11-22;;/h4-7,15,21H,8-12H2,1-3H3;2*1H/t15-;;/m0../s1. The van der Waals surface area contributed by atoms with Crippen LogP contribution in [-0.4, -0.2) is 42.9 Å². The third-order valence-electron chi connectivity index (χ3n) is 3.71. The largest absolute Gasteiger partial charge is 0.488 e. The molecule has 1 aromatic carbocycles. The monoisotopic (exact) mass is 402 g/mol. The van der Waals surface area contributed by atoms with Gasteiger partial charge in [0.15, 0.2) is 0 Å². The van der Waals surface area contributed by atoms with Crippen molar-refractivity contribution >= 4 is 24.8 Å². The highest BCUT2D eigenvalue weighted by molar-refractivity contribution is 5.85. The summed E-state index contributed by atoms with van der Waals surface area (Å²) in [7, 11) is 0. The van der Waals surface area contributed by atoms with E-state index in [9.17, 15) is 13.2 Å². The normalized spacial score (nSPS) is 17.2. The van der Waals surface area contributed by atoms with Crippen LogP contribution in [0.5, 0.6) is 5.75 Å². The minimum atomic E-state index is -4.18. The van der Waals surface area contributed by atoms with E-state index in [0.717, 1.165) is 13.1 Å². The third-order valence-corrected chi connectivity index (χ3v) is 3.71. The van der Waals surface area contributed by atoms with Gasteiger partial charge in [-0.25, -0.2) is 0 Å². The summed E-state index contributed by atoms with van der Waals surface area (Å²) in [5, 5.41) is 3.18. The lowest BCUT2D eigenvalue weighted by atomic mass is 10.0. The molecule has 1 N–H and O–H groups in total. The van der Waals surface area contributed by atoms with Gasteiger partial charge in [0.2, 0.25) is 0 Å². The van der Waals surface area contributed by atoms with Gasteiger partial charge in [0.25, 0.3) is 0 Å². The molecule has 3 nitrogen and oxygen atoms in total. The van der Waals surface area contributed by atoms with Crippen LogP contribution < -0.4 is 10.1 Å². The zero-order valence-corrected chi connectivity index (χ0v) is 16.4. The maximum Gasteiger partial charge on any atom is 0.390 e. The second-order valence-corrected chi connectivity index (χ2v) is 6.90. The zero-order chi connectivity index (χ0) is 17.1. The molecule has 0 unspecified atom stereocenters. The van der Waals surface area contributed by atoms with Crippen molar-refractivity contribution in [1.82, 2.24) is 10.2 Å². The van der Waals surface area contributed by atoms with E-state index in [2.05, 4.69) is 5.32 Å². The van der Waals surface area contributed by atoms with E-state index in [4.69, 9.17) is 4.74 Å². The highest BCUT2D eigenvalue weighted by Gasteiger charge is 2.35. The van der Waals surface area contributed by atoms with E-state index in [-0.39, 0.29) is 30.4 Å². The van der Waals surface area contributed by atoms with Gasteiger partial charge in [-0.3, -0.25) is 4.90 Å². The minimum absolute atomic E-state index is 0. The van der Waals surface area contributed by atoms with E-state index in [1.807, 2.05) is 25.7 Å². The summed E-state index contributed by atoms with van der Waals surface area (Å²) in [5.41, 5.74) is 0.358. The Kier molecular flexibility index (Phi) is 9.58. The first-order valence-electron chi connectivity index (χ1n) is 7.94. The molecule has 0 aliphatic carbocycles. The van der Waals surface area contributed by atoms with E-state index in [1.54, 1.807) is 24.3 Å². The number of rotatable bonds is 4. The quantitative estimate of drug-likeness (QED) is 0.795. The molecule has 1 heterocycles. The molecule has 0 spiro atoms. The fourth-order valence-corrected chi connectivity index (χ4v) is 2.78. The minimum Gasteiger partial charge on any atom is -0.488 e. The summed E-state index contributed by atoms with van der Waals surface area (Å²) >= 11 is 0. The number of ether oxygens (including phenoxy) is 1. The molecular formula is C17H27Cl2F3N2O. The molecule has 1 aromatic rings. The van der Waals surface area contributed by atoms with E-state index in [1.165, 1.54) is 0 Å². The lowest BCUT2D eigenvalue weighted by Crippen LogP contribution is -2.46. The molecule has 0 bridgehead atoms. The lowest BCUT2D eigenvalue weighted by molar-refractivity contribution is -0.148. The second kappa shape index (κ2) is 9.86. The van der Waals surface area contributed by atoms with Gasteiger partial charge in [-0.05, 0) is 38.5 Å².